The van der Waals surface area contributed by atoms with Gasteiger partial charge in [0.2, 0.25) is 0 Å². The second-order valence-electron chi connectivity index (χ2n) is 5.23. The highest BCUT2D eigenvalue weighted by molar-refractivity contribution is 5.74. The zero-order valence-electron chi connectivity index (χ0n) is 11.8. The second-order valence-corrected chi connectivity index (χ2v) is 5.23. The smallest absolute Gasteiger partial charge is 0.315 e. The topological polar surface area (TPSA) is 107 Å². The van der Waals surface area contributed by atoms with Gasteiger partial charge in [-0.05, 0) is 18.3 Å². The van der Waals surface area contributed by atoms with Gasteiger partial charge in [-0.15, -0.1) is 0 Å². The van der Waals surface area contributed by atoms with Crippen LogP contribution in [0.3, 0.4) is 0 Å². The predicted molar refractivity (Wildman–Crippen MR) is 74.0 cm³/mol. The molecule has 1 aromatic heterocycles. The molecule has 7 nitrogen and oxygen atoms in total. The Labute approximate surface area is 118 Å². The first kappa shape index (κ1) is 16.0. The number of aromatic nitrogens is 2. The van der Waals surface area contributed by atoms with Crippen molar-refractivity contribution in [3.05, 3.63) is 18.2 Å². The fourth-order valence-corrected chi connectivity index (χ4v) is 2.01. The van der Waals surface area contributed by atoms with E-state index in [4.69, 9.17) is 5.11 Å². The lowest BCUT2D eigenvalue weighted by Crippen LogP contribution is -2.38. The van der Waals surface area contributed by atoms with Crippen molar-refractivity contribution in [1.82, 2.24) is 20.6 Å². The number of amides is 2. The number of aromatic amines is 1. The Kier molecular flexibility index (Phi) is 6.55. The number of imidazole rings is 1. The monoisotopic (exact) mass is 282 g/mol. The number of carbonyl (C=O) groups excluding carboxylic acids is 1. The van der Waals surface area contributed by atoms with Crippen LogP contribution in [0.5, 0.6) is 0 Å². The summed E-state index contributed by atoms with van der Waals surface area (Å²) in [6, 6.07) is -0.307. The van der Waals surface area contributed by atoms with Crippen molar-refractivity contribution in [2.75, 3.05) is 6.54 Å². The molecule has 1 rings (SSSR count). The number of carbonyl (C=O) groups is 2. The largest absolute Gasteiger partial charge is 0.481 e. The van der Waals surface area contributed by atoms with E-state index in [2.05, 4.69) is 20.6 Å². The van der Waals surface area contributed by atoms with Crippen LogP contribution in [-0.4, -0.2) is 33.6 Å². The Morgan fingerprint density at radius 3 is 2.70 bits per heavy atom. The van der Waals surface area contributed by atoms with Gasteiger partial charge in [0.25, 0.3) is 0 Å². The standard InChI is InChI=1S/C13H22N4O3/c1-9(2)3-10(4-12(18)19)5-15-13(20)16-7-11-6-14-8-17-11/h6,8-10H,3-5,7H2,1-2H3,(H,14,17)(H,18,19)(H2,15,16,20)/t10-/m0/s1. The molecule has 0 unspecified atom stereocenters. The number of urea groups is 1. The predicted octanol–water partition coefficient (Wildman–Crippen LogP) is 1.35. The SMILES string of the molecule is CC(C)C[C@H](CNC(=O)NCc1cnc[nH]1)CC(=O)O. The third kappa shape index (κ3) is 6.77. The van der Waals surface area contributed by atoms with E-state index in [9.17, 15) is 9.59 Å². The van der Waals surface area contributed by atoms with Gasteiger partial charge >= 0.3 is 12.0 Å². The van der Waals surface area contributed by atoms with Crippen LogP contribution in [0.25, 0.3) is 0 Å². The van der Waals surface area contributed by atoms with E-state index < -0.39 is 5.97 Å². The molecule has 1 aromatic rings. The number of nitrogens with zero attached hydrogens (tertiary/aromatic N) is 1. The third-order valence-electron chi connectivity index (χ3n) is 2.81. The average Bonchev–Trinajstić information content (AvgIpc) is 2.85. The molecule has 1 heterocycles. The Hall–Kier alpha value is -2.05. The van der Waals surface area contributed by atoms with Crippen molar-refractivity contribution in [3.8, 4) is 0 Å². The van der Waals surface area contributed by atoms with Crippen molar-refractivity contribution in [1.29, 1.82) is 0 Å². The number of carboxylic acids is 1. The van der Waals surface area contributed by atoms with Crippen molar-refractivity contribution in [2.24, 2.45) is 11.8 Å². The van der Waals surface area contributed by atoms with Gasteiger partial charge in [-0.3, -0.25) is 4.79 Å². The molecule has 112 valence electrons. The summed E-state index contributed by atoms with van der Waals surface area (Å²) in [7, 11) is 0. The van der Waals surface area contributed by atoms with Crippen LogP contribution >= 0.6 is 0 Å². The first-order valence-corrected chi connectivity index (χ1v) is 6.68. The van der Waals surface area contributed by atoms with Gasteiger partial charge in [-0.2, -0.15) is 0 Å². The quantitative estimate of drug-likeness (QED) is 0.577. The van der Waals surface area contributed by atoms with Crippen LogP contribution < -0.4 is 10.6 Å². The molecule has 0 aliphatic carbocycles. The Balaban J connectivity index is 2.30. The van der Waals surface area contributed by atoms with Crippen LogP contribution in [0, 0.1) is 11.8 Å². The van der Waals surface area contributed by atoms with Crippen molar-refractivity contribution < 1.29 is 14.7 Å². The number of hydrogen-bond donors (Lipinski definition) is 4. The van der Waals surface area contributed by atoms with Gasteiger partial charge in [0.15, 0.2) is 0 Å². The van der Waals surface area contributed by atoms with E-state index in [-0.39, 0.29) is 18.4 Å². The molecule has 0 aliphatic heterocycles. The van der Waals surface area contributed by atoms with Crippen molar-refractivity contribution in [2.45, 2.75) is 33.2 Å². The van der Waals surface area contributed by atoms with E-state index in [1.807, 2.05) is 13.8 Å². The maximum atomic E-state index is 11.6. The second kappa shape index (κ2) is 8.19. The highest BCUT2D eigenvalue weighted by atomic mass is 16.4. The average molecular weight is 282 g/mol. The molecule has 7 heteroatoms. The zero-order valence-corrected chi connectivity index (χ0v) is 11.8. The van der Waals surface area contributed by atoms with Gasteiger partial charge in [0, 0.05) is 19.2 Å². The van der Waals surface area contributed by atoms with E-state index in [1.54, 1.807) is 12.5 Å². The molecule has 0 fully saturated rings. The molecule has 4 N–H and O–H groups in total. The summed E-state index contributed by atoms with van der Waals surface area (Å²) in [4.78, 5) is 29.1. The summed E-state index contributed by atoms with van der Waals surface area (Å²) in [5, 5.41) is 14.2. The summed E-state index contributed by atoms with van der Waals surface area (Å²) < 4.78 is 0. The van der Waals surface area contributed by atoms with E-state index in [0.717, 1.165) is 12.1 Å². The zero-order chi connectivity index (χ0) is 15.0. The summed E-state index contributed by atoms with van der Waals surface area (Å²) >= 11 is 0. The molecule has 0 aliphatic rings. The van der Waals surface area contributed by atoms with Crippen LogP contribution in [0.2, 0.25) is 0 Å². The molecule has 0 aromatic carbocycles. The first-order valence-electron chi connectivity index (χ1n) is 6.68. The molecule has 2 amide bonds. The molecule has 0 saturated carbocycles. The number of hydrogen-bond acceptors (Lipinski definition) is 3. The van der Waals surface area contributed by atoms with Crippen molar-refractivity contribution in [3.63, 3.8) is 0 Å². The number of H-pyrrole nitrogens is 1. The molecular formula is C13H22N4O3. The minimum Gasteiger partial charge on any atom is -0.481 e. The van der Waals surface area contributed by atoms with Gasteiger partial charge in [-0.25, -0.2) is 9.78 Å². The van der Waals surface area contributed by atoms with Gasteiger partial charge in [0.05, 0.1) is 18.6 Å². The lowest BCUT2D eigenvalue weighted by molar-refractivity contribution is -0.138. The maximum Gasteiger partial charge on any atom is 0.315 e. The number of aliphatic carboxylic acids is 1. The highest BCUT2D eigenvalue weighted by Gasteiger charge is 2.15. The fraction of sp³-hybridized carbons (Fsp3) is 0.615. The number of nitrogens with one attached hydrogen (secondary N) is 3. The maximum absolute atomic E-state index is 11.6. The summed E-state index contributed by atoms with van der Waals surface area (Å²) in [6.45, 7) is 4.79. The summed E-state index contributed by atoms with van der Waals surface area (Å²) in [5.74, 6) is -0.491. The van der Waals surface area contributed by atoms with E-state index in [1.165, 1.54) is 0 Å². The molecular weight excluding hydrogens is 260 g/mol. The number of carboxylic acid groups (broad SMARTS) is 1. The van der Waals surface area contributed by atoms with Crippen LogP contribution in [0.15, 0.2) is 12.5 Å². The lowest BCUT2D eigenvalue weighted by Gasteiger charge is -2.17. The van der Waals surface area contributed by atoms with Gasteiger partial charge in [-0.1, -0.05) is 13.8 Å². The Bertz CT molecular complexity index is 417. The van der Waals surface area contributed by atoms with E-state index in [0.29, 0.717) is 19.0 Å². The normalized spacial score (nSPS) is 12.2. The van der Waals surface area contributed by atoms with Gasteiger partial charge < -0.3 is 20.7 Å². The van der Waals surface area contributed by atoms with Crippen LogP contribution in [0.4, 0.5) is 4.79 Å². The molecule has 0 saturated heterocycles. The Morgan fingerprint density at radius 1 is 1.40 bits per heavy atom. The van der Waals surface area contributed by atoms with Gasteiger partial charge in [0.1, 0.15) is 0 Å². The summed E-state index contributed by atoms with van der Waals surface area (Å²) in [6.07, 6.45) is 4.01. The Morgan fingerprint density at radius 2 is 2.15 bits per heavy atom. The fourth-order valence-electron chi connectivity index (χ4n) is 2.01. The first-order chi connectivity index (χ1) is 9.47. The molecule has 0 bridgehead atoms. The third-order valence-corrected chi connectivity index (χ3v) is 2.81. The lowest BCUT2D eigenvalue weighted by atomic mass is 9.94. The van der Waals surface area contributed by atoms with Crippen molar-refractivity contribution >= 4 is 12.0 Å². The van der Waals surface area contributed by atoms with Crippen LogP contribution in [0.1, 0.15) is 32.4 Å². The highest BCUT2D eigenvalue weighted by Crippen LogP contribution is 2.14. The number of rotatable bonds is 8. The molecule has 20 heavy (non-hydrogen) atoms. The van der Waals surface area contributed by atoms with E-state index >= 15 is 0 Å². The molecule has 0 radical (unpaired) electrons. The minimum atomic E-state index is -0.838. The minimum absolute atomic E-state index is 0.0506. The molecule has 1 atom stereocenters. The molecule has 0 spiro atoms. The summed E-state index contributed by atoms with van der Waals surface area (Å²) in [5.41, 5.74) is 0.810. The van der Waals surface area contributed by atoms with Crippen LogP contribution in [-0.2, 0) is 11.3 Å².